The molecule has 0 radical (unpaired) electrons. The highest BCUT2D eigenvalue weighted by molar-refractivity contribution is 9.10. The second kappa shape index (κ2) is 7.56. The zero-order valence-electron chi connectivity index (χ0n) is 13.1. The number of nitrogens with one attached hydrogen (secondary N) is 1. The molecule has 4 heteroatoms. The van der Waals surface area contributed by atoms with E-state index < -0.39 is 0 Å². The van der Waals surface area contributed by atoms with E-state index >= 15 is 0 Å². The average molecular weight is 362 g/mol. The summed E-state index contributed by atoms with van der Waals surface area (Å²) in [7, 11) is 0. The summed E-state index contributed by atoms with van der Waals surface area (Å²) in [6.07, 6.45) is 0. The van der Waals surface area contributed by atoms with Crippen LogP contribution < -0.4 is 10.6 Å². The number of aryl methyl sites for hydroxylation is 1. The van der Waals surface area contributed by atoms with Crippen LogP contribution in [0.15, 0.2) is 53.0 Å². The van der Waals surface area contributed by atoms with E-state index in [1.807, 2.05) is 50.2 Å². The molecule has 0 fully saturated rings. The predicted molar refractivity (Wildman–Crippen MR) is 93.8 cm³/mol. The maximum absolute atomic E-state index is 12.4. The van der Waals surface area contributed by atoms with Crippen LogP contribution in [0.2, 0.25) is 0 Å². The number of hydrogen-bond donors (Lipinski definition) is 2. The summed E-state index contributed by atoms with van der Waals surface area (Å²) in [6, 6.07) is 16.2. The fourth-order valence-electron chi connectivity index (χ4n) is 2.36. The Kier molecular flexibility index (Phi) is 5.75. The van der Waals surface area contributed by atoms with Gasteiger partial charge in [0, 0.05) is 10.0 Å². The van der Waals surface area contributed by atoms with Crippen LogP contribution in [-0.2, 0) is 4.79 Å². The Morgan fingerprint density at radius 2 is 1.82 bits per heavy atom. The average Bonchev–Trinajstić information content (AvgIpc) is 2.50. The molecule has 2 aromatic carbocycles. The van der Waals surface area contributed by atoms with E-state index in [4.69, 9.17) is 0 Å². The van der Waals surface area contributed by atoms with Crippen molar-refractivity contribution in [3.05, 3.63) is 64.1 Å². The van der Waals surface area contributed by atoms with Gasteiger partial charge in [-0.1, -0.05) is 36.4 Å². The molecule has 2 rings (SSSR count). The second-order valence-electron chi connectivity index (χ2n) is 5.65. The van der Waals surface area contributed by atoms with Crippen LogP contribution in [0.5, 0.6) is 0 Å². The van der Waals surface area contributed by atoms with Gasteiger partial charge in [-0.3, -0.25) is 4.79 Å². The summed E-state index contributed by atoms with van der Waals surface area (Å²) in [4.78, 5) is 12.4. The van der Waals surface area contributed by atoms with Crippen LogP contribution in [0, 0.1) is 6.92 Å². The molecule has 0 aliphatic heterocycles. The molecule has 22 heavy (non-hydrogen) atoms. The largest absolute Gasteiger partial charge is 0.330 e. The lowest BCUT2D eigenvalue weighted by Crippen LogP contribution is -2.91. The van der Waals surface area contributed by atoms with E-state index in [0.29, 0.717) is 0 Å². The van der Waals surface area contributed by atoms with Gasteiger partial charge in [0.1, 0.15) is 6.04 Å². The van der Waals surface area contributed by atoms with Crippen molar-refractivity contribution in [2.45, 2.75) is 32.9 Å². The maximum Gasteiger partial charge on any atom is 0.282 e. The van der Waals surface area contributed by atoms with Crippen LogP contribution in [-0.4, -0.2) is 11.9 Å². The van der Waals surface area contributed by atoms with Gasteiger partial charge < -0.3 is 10.6 Å². The number of carbonyl (C=O) groups excluding carboxylic acids is 1. The van der Waals surface area contributed by atoms with Gasteiger partial charge in [-0.25, -0.2) is 0 Å². The van der Waals surface area contributed by atoms with Gasteiger partial charge in [0.05, 0.1) is 5.69 Å². The van der Waals surface area contributed by atoms with Gasteiger partial charge in [0.25, 0.3) is 5.91 Å². The third-order valence-electron chi connectivity index (χ3n) is 3.70. The fraction of sp³-hybridized carbons (Fsp3) is 0.278. The van der Waals surface area contributed by atoms with Crippen LogP contribution >= 0.6 is 15.9 Å². The number of rotatable bonds is 5. The summed E-state index contributed by atoms with van der Waals surface area (Å²) < 4.78 is 0.907. The smallest absolute Gasteiger partial charge is 0.282 e. The van der Waals surface area contributed by atoms with Crippen molar-refractivity contribution >= 4 is 27.5 Å². The summed E-state index contributed by atoms with van der Waals surface area (Å²) in [5, 5.41) is 5.05. The van der Waals surface area contributed by atoms with Crippen molar-refractivity contribution in [2.75, 3.05) is 5.32 Å². The number of nitrogens with two attached hydrogens (primary N) is 1. The molecule has 3 nitrogen and oxygen atoms in total. The summed E-state index contributed by atoms with van der Waals surface area (Å²) >= 11 is 3.49. The molecule has 0 aliphatic carbocycles. The van der Waals surface area contributed by atoms with Gasteiger partial charge >= 0.3 is 0 Å². The molecule has 0 aromatic heterocycles. The number of benzene rings is 2. The minimum absolute atomic E-state index is 0.00679. The number of amides is 1. The molecular formula is C18H22BrN2O+. The van der Waals surface area contributed by atoms with E-state index in [-0.39, 0.29) is 18.0 Å². The van der Waals surface area contributed by atoms with Crippen molar-refractivity contribution in [1.29, 1.82) is 0 Å². The lowest BCUT2D eigenvalue weighted by Gasteiger charge is -2.17. The standard InChI is InChI=1S/C18H21BrN2O/c1-12-9-10-17(16(19)11-12)21-18(22)14(3)20-13(2)15-7-5-4-6-8-15/h4-11,13-14,20H,1-3H3,(H,21,22)/p+1/t13-,14+/m0/s1. The van der Waals surface area contributed by atoms with E-state index in [2.05, 4.69) is 45.6 Å². The molecule has 0 unspecified atom stereocenters. The molecule has 2 atom stereocenters. The molecule has 0 saturated heterocycles. The number of halogens is 1. The highest BCUT2D eigenvalue weighted by Crippen LogP contribution is 2.23. The Morgan fingerprint density at radius 1 is 1.14 bits per heavy atom. The van der Waals surface area contributed by atoms with Gasteiger partial charge in [-0.2, -0.15) is 0 Å². The predicted octanol–water partition coefficient (Wildman–Crippen LogP) is 3.41. The van der Waals surface area contributed by atoms with Crippen molar-refractivity contribution in [3.8, 4) is 0 Å². The monoisotopic (exact) mass is 361 g/mol. The van der Waals surface area contributed by atoms with E-state index in [1.165, 1.54) is 5.56 Å². The lowest BCUT2D eigenvalue weighted by molar-refractivity contribution is -0.709. The topological polar surface area (TPSA) is 45.7 Å². The molecule has 2 aromatic rings. The van der Waals surface area contributed by atoms with Gasteiger partial charge in [0.2, 0.25) is 0 Å². The van der Waals surface area contributed by atoms with Crippen molar-refractivity contribution < 1.29 is 10.1 Å². The molecule has 0 spiro atoms. The molecule has 3 N–H and O–H groups in total. The zero-order valence-corrected chi connectivity index (χ0v) is 14.7. The van der Waals surface area contributed by atoms with Gasteiger partial charge in [-0.05, 0) is 54.4 Å². The van der Waals surface area contributed by atoms with Gasteiger partial charge in [0.15, 0.2) is 6.04 Å². The van der Waals surface area contributed by atoms with E-state index in [1.54, 1.807) is 0 Å². The first-order valence-electron chi connectivity index (χ1n) is 7.44. The minimum Gasteiger partial charge on any atom is -0.330 e. The summed E-state index contributed by atoms with van der Waals surface area (Å²) in [5.41, 5.74) is 3.18. The van der Waals surface area contributed by atoms with Crippen LogP contribution in [0.25, 0.3) is 0 Å². The molecule has 0 bridgehead atoms. The minimum atomic E-state index is -0.164. The van der Waals surface area contributed by atoms with Crippen LogP contribution in [0.4, 0.5) is 5.69 Å². The molecule has 0 heterocycles. The fourth-order valence-corrected chi connectivity index (χ4v) is 2.95. The molecule has 116 valence electrons. The quantitative estimate of drug-likeness (QED) is 0.841. The lowest BCUT2D eigenvalue weighted by atomic mass is 10.1. The molecule has 1 amide bonds. The van der Waals surface area contributed by atoms with E-state index in [9.17, 15) is 4.79 Å². The highest BCUT2D eigenvalue weighted by atomic mass is 79.9. The third kappa shape index (κ3) is 4.42. The second-order valence-corrected chi connectivity index (χ2v) is 6.51. The Hall–Kier alpha value is -1.65. The first-order valence-corrected chi connectivity index (χ1v) is 8.23. The number of carbonyl (C=O) groups is 1. The normalized spacial score (nSPS) is 13.5. The SMILES string of the molecule is Cc1ccc(NC(=O)[C@@H](C)[NH2+][C@@H](C)c2ccccc2)c(Br)c1. The highest BCUT2D eigenvalue weighted by Gasteiger charge is 2.20. The first-order chi connectivity index (χ1) is 10.5. The first kappa shape index (κ1) is 16.7. The Morgan fingerprint density at radius 3 is 2.45 bits per heavy atom. The summed E-state index contributed by atoms with van der Waals surface area (Å²) in [6.45, 7) is 6.06. The number of anilines is 1. The Labute approximate surface area is 140 Å². The summed E-state index contributed by atoms with van der Waals surface area (Å²) in [5.74, 6) is 0.00679. The number of hydrogen-bond acceptors (Lipinski definition) is 1. The zero-order chi connectivity index (χ0) is 16.1. The third-order valence-corrected chi connectivity index (χ3v) is 4.35. The van der Waals surface area contributed by atoms with Gasteiger partial charge in [-0.15, -0.1) is 0 Å². The molecular weight excluding hydrogens is 340 g/mol. The van der Waals surface area contributed by atoms with Crippen LogP contribution in [0.1, 0.15) is 31.0 Å². The van der Waals surface area contributed by atoms with Crippen LogP contribution in [0.3, 0.4) is 0 Å². The molecule has 0 aliphatic rings. The van der Waals surface area contributed by atoms with E-state index in [0.717, 1.165) is 15.7 Å². The number of quaternary nitrogens is 1. The van der Waals surface area contributed by atoms with Crippen molar-refractivity contribution in [3.63, 3.8) is 0 Å². The Balaban J connectivity index is 1.97. The molecule has 0 saturated carbocycles. The van der Waals surface area contributed by atoms with Crippen molar-refractivity contribution in [1.82, 2.24) is 0 Å². The Bertz CT molecular complexity index is 643. The maximum atomic E-state index is 12.4. The van der Waals surface area contributed by atoms with Crippen molar-refractivity contribution in [2.24, 2.45) is 0 Å².